The van der Waals surface area contributed by atoms with Gasteiger partial charge in [-0.3, -0.25) is 0 Å². The van der Waals surface area contributed by atoms with E-state index in [1.165, 1.54) is 18.4 Å². The smallest absolute Gasteiger partial charge is 0.236 e. The third-order valence-corrected chi connectivity index (χ3v) is 6.64. The van der Waals surface area contributed by atoms with E-state index in [2.05, 4.69) is 22.6 Å². The van der Waals surface area contributed by atoms with Crippen LogP contribution in [-0.2, 0) is 16.4 Å². The van der Waals surface area contributed by atoms with Crippen LogP contribution in [0.4, 0.5) is 0 Å². The second kappa shape index (κ2) is 7.81. The molecule has 132 valence electrons. The predicted molar refractivity (Wildman–Crippen MR) is 99.1 cm³/mol. The molecule has 1 aromatic carbocycles. The highest BCUT2D eigenvalue weighted by Crippen LogP contribution is 2.26. The van der Waals surface area contributed by atoms with E-state index in [1.807, 2.05) is 24.3 Å². The van der Waals surface area contributed by atoms with E-state index in [0.717, 1.165) is 44.0 Å². The van der Waals surface area contributed by atoms with Gasteiger partial charge in [-0.1, -0.05) is 31.2 Å². The third-order valence-electron chi connectivity index (χ3n) is 5.04. The van der Waals surface area contributed by atoms with E-state index in [-0.39, 0.29) is 0 Å². The molecule has 1 aliphatic heterocycles. The summed E-state index contributed by atoms with van der Waals surface area (Å²) in [5.74, 6) is 0.767. The number of rotatable bonds is 6. The lowest BCUT2D eigenvalue weighted by Crippen LogP contribution is -2.36. The highest BCUT2D eigenvalue weighted by atomic mass is 32.2. The number of hydrogen-bond acceptors (Lipinski definition) is 3. The van der Waals surface area contributed by atoms with Gasteiger partial charge in [-0.15, -0.1) is 0 Å². The van der Waals surface area contributed by atoms with E-state index < -0.39 is 10.0 Å². The van der Waals surface area contributed by atoms with E-state index in [4.69, 9.17) is 0 Å². The molecule has 4 nitrogen and oxygen atoms in total. The Labute approximate surface area is 146 Å². The van der Waals surface area contributed by atoms with Crippen molar-refractivity contribution in [2.45, 2.75) is 39.0 Å². The molecule has 1 N–H and O–H groups in total. The van der Waals surface area contributed by atoms with Gasteiger partial charge in [-0.25, -0.2) is 13.1 Å². The summed E-state index contributed by atoms with van der Waals surface area (Å²) < 4.78 is 27.8. The van der Waals surface area contributed by atoms with Crippen LogP contribution in [0.2, 0.25) is 0 Å². The number of allylic oxidation sites excluding steroid dienone is 1. The summed E-state index contributed by atoms with van der Waals surface area (Å²) in [4.78, 5) is 2.98. The minimum absolute atomic E-state index is 0.520. The van der Waals surface area contributed by atoms with Crippen molar-refractivity contribution in [1.29, 1.82) is 0 Å². The first-order chi connectivity index (χ1) is 11.5. The van der Waals surface area contributed by atoms with E-state index >= 15 is 0 Å². The van der Waals surface area contributed by atoms with Crippen molar-refractivity contribution < 1.29 is 8.42 Å². The number of sulfonamides is 1. The number of benzene rings is 1. The molecule has 0 aromatic heterocycles. The molecule has 0 saturated carbocycles. The topological polar surface area (TPSA) is 49.4 Å². The molecule has 1 atom stereocenters. The Balaban J connectivity index is 1.51. The summed E-state index contributed by atoms with van der Waals surface area (Å²) in [5.41, 5.74) is 2.27. The van der Waals surface area contributed by atoms with Crippen molar-refractivity contribution >= 4 is 16.1 Å². The van der Waals surface area contributed by atoms with E-state index in [1.54, 1.807) is 0 Å². The highest BCUT2D eigenvalue weighted by molar-refractivity contribution is 7.93. The molecule has 0 spiro atoms. The van der Waals surface area contributed by atoms with Crippen molar-refractivity contribution in [1.82, 2.24) is 9.62 Å². The first-order valence-corrected chi connectivity index (χ1v) is 10.5. The van der Waals surface area contributed by atoms with Gasteiger partial charge in [0, 0.05) is 13.1 Å². The van der Waals surface area contributed by atoms with Crippen molar-refractivity contribution in [3.8, 4) is 0 Å². The number of hydrogen-bond donors (Lipinski definition) is 1. The fourth-order valence-electron chi connectivity index (χ4n) is 3.71. The van der Waals surface area contributed by atoms with Gasteiger partial charge in [0.2, 0.25) is 10.0 Å². The van der Waals surface area contributed by atoms with Crippen LogP contribution in [0.15, 0.2) is 29.2 Å². The molecule has 5 heteroatoms. The number of aryl methyl sites for hydroxylation is 1. The number of nitrogens with zero attached hydrogens (tertiary/aromatic N) is 1. The Morgan fingerprint density at radius 1 is 1.25 bits per heavy atom. The molecule has 1 saturated heterocycles. The minimum atomic E-state index is -3.35. The number of piperidine rings is 1. The first kappa shape index (κ1) is 17.6. The van der Waals surface area contributed by atoms with Crippen molar-refractivity contribution in [3.05, 3.63) is 40.3 Å². The Kier molecular flexibility index (Phi) is 5.74. The summed E-state index contributed by atoms with van der Waals surface area (Å²) in [6, 6.07) is 8.02. The monoisotopic (exact) mass is 348 g/mol. The fraction of sp³-hybridized carbons (Fsp3) is 0.579. The van der Waals surface area contributed by atoms with Crippen molar-refractivity contribution in [3.63, 3.8) is 0 Å². The second-order valence-corrected chi connectivity index (χ2v) is 8.93. The molecule has 0 bridgehead atoms. The Bertz CT molecular complexity index is 697. The lowest BCUT2D eigenvalue weighted by molar-refractivity contribution is 0.182. The van der Waals surface area contributed by atoms with Gasteiger partial charge in [-0.05, 0) is 68.3 Å². The van der Waals surface area contributed by atoms with Crippen LogP contribution in [0.25, 0.3) is 6.08 Å². The SMILES string of the molecule is CC1CCCN(CCCNS(=O)(=O)C2=Cc3ccccc3CC2)C1. The van der Waals surface area contributed by atoms with Gasteiger partial charge < -0.3 is 4.90 Å². The number of fused-ring (bicyclic) bond motifs is 1. The van der Waals surface area contributed by atoms with E-state index in [9.17, 15) is 8.42 Å². The first-order valence-electron chi connectivity index (χ1n) is 9.05. The fourth-order valence-corrected chi connectivity index (χ4v) is 4.96. The standard InChI is InChI=1S/C19H28N2O2S/c1-16-6-4-12-21(15-16)13-5-11-20-24(22,23)19-10-9-17-7-2-3-8-18(17)14-19/h2-3,7-8,14,16,20H,4-6,9-13,15H2,1H3. The van der Waals surface area contributed by atoms with Gasteiger partial charge in [-0.2, -0.15) is 0 Å². The molecule has 1 fully saturated rings. The average Bonchev–Trinajstić information content (AvgIpc) is 2.58. The molecule has 1 aromatic rings. The van der Waals surface area contributed by atoms with Crippen LogP contribution in [0.1, 0.15) is 43.7 Å². The molecule has 3 rings (SSSR count). The highest BCUT2D eigenvalue weighted by Gasteiger charge is 2.21. The largest absolute Gasteiger partial charge is 0.303 e. The molecule has 1 aliphatic carbocycles. The van der Waals surface area contributed by atoms with E-state index in [0.29, 0.717) is 17.9 Å². The third kappa shape index (κ3) is 4.47. The summed E-state index contributed by atoms with van der Waals surface area (Å²) in [7, 11) is -3.35. The molecular formula is C19H28N2O2S. The number of nitrogens with one attached hydrogen (secondary N) is 1. The Morgan fingerprint density at radius 2 is 2.08 bits per heavy atom. The normalized spacial score (nSPS) is 22.0. The molecule has 2 aliphatic rings. The molecule has 1 heterocycles. The quantitative estimate of drug-likeness (QED) is 0.804. The van der Waals surface area contributed by atoms with Crippen LogP contribution in [0, 0.1) is 5.92 Å². The van der Waals surface area contributed by atoms with Crippen molar-refractivity contribution in [2.24, 2.45) is 5.92 Å². The lowest BCUT2D eigenvalue weighted by Gasteiger charge is -2.30. The maximum absolute atomic E-state index is 12.5. The summed E-state index contributed by atoms with van der Waals surface area (Å²) in [6.45, 7) is 6.09. The maximum Gasteiger partial charge on any atom is 0.236 e. The van der Waals surface area contributed by atoms with Gasteiger partial charge in [0.05, 0.1) is 4.91 Å². The Hall–Kier alpha value is -1.17. The summed E-state index contributed by atoms with van der Waals surface area (Å²) in [5, 5.41) is 0. The average molecular weight is 349 g/mol. The minimum Gasteiger partial charge on any atom is -0.303 e. The van der Waals surface area contributed by atoms with Crippen LogP contribution >= 0.6 is 0 Å². The van der Waals surface area contributed by atoms with Crippen LogP contribution in [0.3, 0.4) is 0 Å². The van der Waals surface area contributed by atoms with Crippen LogP contribution in [-0.4, -0.2) is 39.5 Å². The molecule has 1 unspecified atom stereocenters. The predicted octanol–water partition coefficient (Wildman–Crippen LogP) is 3.02. The van der Waals surface area contributed by atoms with Crippen LogP contribution in [0.5, 0.6) is 0 Å². The zero-order valence-electron chi connectivity index (χ0n) is 14.5. The Morgan fingerprint density at radius 3 is 2.92 bits per heavy atom. The van der Waals surface area contributed by atoms with Crippen molar-refractivity contribution in [2.75, 3.05) is 26.2 Å². The van der Waals surface area contributed by atoms with Crippen LogP contribution < -0.4 is 4.72 Å². The molecule has 24 heavy (non-hydrogen) atoms. The zero-order valence-corrected chi connectivity index (χ0v) is 15.3. The molecule has 0 radical (unpaired) electrons. The van der Waals surface area contributed by atoms with Gasteiger partial charge >= 0.3 is 0 Å². The lowest BCUT2D eigenvalue weighted by atomic mass is 9.98. The molecule has 0 amide bonds. The second-order valence-electron chi connectivity index (χ2n) is 7.11. The zero-order chi connectivity index (χ0) is 17.0. The van der Waals surface area contributed by atoms with Gasteiger partial charge in [0.15, 0.2) is 0 Å². The summed E-state index contributed by atoms with van der Waals surface area (Å²) >= 11 is 0. The van der Waals surface area contributed by atoms with Gasteiger partial charge in [0.25, 0.3) is 0 Å². The maximum atomic E-state index is 12.5. The van der Waals surface area contributed by atoms with Gasteiger partial charge in [0.1, 0.15) is 0 Å². The number of likely N-dealkylation sites (tertiary alicyclic amines) is 1. The summed E-state index contributed by atoms with van der Waals surface area (Å²) in [6.07, 6.45) is 6.67. The molecular weight excluding hydrogens is 320 g/mol.